The molecule has 0 N–H and O–H groups in total. The molecule has 6 heterocycles. The molecule has 1 saturated carbocycles. The van der Waals surface area contributed by atoms with Crippen LogP contribution in [0.1, 0.15) is 53.8 Å². The standard InChI is InChI=1S/C36H30N6/c1-4-11-39-33(7-1)25-10-14-42-36(20-25)28-16-26(29-18-31(23-37-21-29)34-8-2-5-12-40-34)15-27(17-28)30-19-32(24-38-22-30)35-9-3-6-13-41-35/h1-14,18-24,26-28H,15-17H2. The third-order valence-corrected chi connectivity index (χ3v) is 8.25. The van der Waals surface area contributed by atoms with E-state index in [1.807, 2.05) is 104 Å². The number of hydrogen-bond acceptors (Lipinski definition) is 6. The van der Waals surface area contributed by atoms with Gasteiger partial charge in [0.15, 0.2) is 0 Å². The maximum atomic E-state index is 4.90. The lowest BCUT2D eigenvalue weighted by molar-refractivity contribution is 0.346. The summed E-state index contributed by atoms with van der Waals surface area (Å²) in [6, 6.07) is 26.8. The zero-order chi connectivity index (χ0) is 28.1. The predicted octanol–water partition coefficient (Wildman–Crippen LogP) is 7.89. The van der Waals surface area contributed by atoms with E-state index in [2.05, 4.69) is 49.2 Å². The number of nitrogens with zero attached hydrogens (tertiary/aromatic N) is 6. The summed E-state index contributed by atoms with van der Waals surface area (Å²) in [6.07, 6.45) is 18.3. The highest BCUT2D eigenvalue weighted by atomic mass is 14.7. The highest BCUT2D eigenvalue weighted by Crippen LogP contribution is 2.48. The highest BCUT2D eigenvalue weighted by molar-refractivity contribution is 5.61. The van der Waals surface area contributed by atoms with Crippen LogP contribution in [0.15, 0.2) is 128 Å². The van der Waals surface area contributed by atoms with Gasteiger partial charge in [-0.2, -0.15) is 0 Å². The average Bonchev–Trinajstić information content (AvgIpc) is 3.09. The lowest BCUT2D eigenvalue weighted by atomic mass is 9.69. The summed E-state index contributed by atoms with van der Waals surface area (Å²) in [6.45, 7) is 0. The molecule has 6 aromatic heterocycles. The topological polar surface area (TPSA) is 77.3 Å². The first-order valence-corrected chi connectivity index (χ1v) is 14.4. The first kappa shape index (κ1) is 25.8. The second-order valence-corrected chi connectivity index (χ2v) is 10.9. The third kappa shape index (κ3) is 5.56. The van der Waals surface area contributed by atoms with E-state index in [-0.39, 0.29) is 5.92 Å². The molecule has 6 nitrogen and oxygen atoms in total. The van der Waals surface area contributed by atoms with Gasteiger partial charge in [-0.15, -0.1) is 0 Å². The van der Waals surface area contributed by atoms with Gasteiger partial charge in [-0.1, -0.05) is 18.2 Å². The van der Waals surface area contributed by atoms with Crippen LogP contribution in [0.4, 0.5) is 0 Å². The van der Waals surface area contributed by atoms with Crippen molar-refractivity contribution in [3.63, 3.8) is 0 Å². The molecule has 0 aliphatic heterocycles. The average molecular weight is 547 g/mol. The molecule has 7 rings (SSSR count). The zero-order valence-electron chi connectivity index (χ0n) is 23.2. The molecule has 6 heteroatoms. The molecular formula is C36H30N6. The van der Waals surface area contributed by atoms with Crippen LogP contribution in [-0.4, -0.2) is 29.9 Å². The van der Waals surface area contributed by atoms with Gasteiger partial charge in [0.05, 0.1) is 17.1 Å². The molecule has 1 aliphatic rings. The normalized spacial score (nSPS) is 18.4. The quantitative estimate of drug-likeness (QED) is 0.211. The Morgan fingerprint density at radius 2 is 0.929 bits per heavy atom. The first-order valence-electron chi connectivity index (χ1n) is 14.4. The molecule has 2 unspecified atom stereocenters. The Morgan fingerprint density at radius 1 is 0.429 bits per heavy atom. The fourth-order valence-electron chi connectivity index (χ4n) is 6.18. The van der Waals surface area contributed by atoms with Crippen LogP contribution in [0.2, 0.25) is 0 Å². The Hall–Kier alpha value is -5.10. The van der Waals surface area contributed by atoms with Crippen molar-refractivity contribution >= 4 is 0 Å². The van der Waals surface area contributed by atoms with Crippen LogP contribution >= 0.6 is 0 Å². The maximum absolute atomic E-state index is 4.90. The second-order valence-electron chi connectivity index (χ2n) is 10.9. The van der Waals surface area contributed by atoms with E-state index in [1.54, 1.807) is 0 Å². The van der Waals surface area contributed by atoms with E-state index in [1.165, 1.54) is 11.1 Å². The van der Waals surface area contributed by atoms with Crippen molar-refractivity contribution in [3.05, 3.63) is 145 Å². The van der Waals surface area contributed by atoms with Gasteiger partial charge in [0, 0.05) is 77.9 Å². The number of aromatic nitrogens is 6. The van der Waals surface area contributed by atoms with Crippen molar-refractivity contribution in [3.8, 4) is 33.8 Å². The Balaban J connectivity index is 1.26. The molecule has 6 aromatic rings. The molecular weight excluding hydrogens is 516 g/mol. The maximum Gasteiger partial charge on any atom is 0.0717 e. The molecule has 1 fully saturated rings. The van der Waals surface area contributed by atoms with Gasteiger partial charge in [-0.3, -0.25) is 29.9 Å². The molecule has 1 aliphatic carbocycles. The largest absolute Gasteiger partial charge is 0.264 e. The molecule has 0 radical (unpaired) electrons. The van der Waals surface area contributed by atoms with Crippen LogP contribution in [0.25, 0.3) is 33.8 Å². The van der Waals surface area contributed by atoms with E-state index in [4.69, 9.17) is 4.98 Å². The fraction of sp³-hybridized carbons (Fsp3) is 0.167. The summed E-state index contributed by atoms with van der Waals surface area (Å²) in [5.74, 6) is 0.891. The smallest absolute Gasteiger partial charge is 0.0717 e. The van der Waals surface area contributed by atoms with Gasteiger partial charge in [-0.25, -0.2) is 0 Å². The Labute approximate surface area is 245 Å². The van der Waals surface area contributed by atoms with Gasteiger partial charge in [0.25, 0.3) is 0 Å². The molecule has 0 aromatic carbocycles. The Kier molecular flexibility index (Phi) is 7.25. The molecule has 0 spiro atoms. The van der Waals surface area contributed by atoms with Crippen molar-refractivity contribution in [2.45, 2.75) is 37.0 Å². The van der Waals surface area contributed by atoms with Gasteiger partial charge >= 0.3 is 0 Å². The minimum Gasteiger partial charge on any atom is -0.264 e. The fourth-order valence-corrected chi connectivity index (χ4v) is 6.18. The summed E-state index contributed by atoms with van der Waals surface area (Å²) in [7, 11) is 0. The Bertz CT molecular complexity index is 1560. The molecule has 0 amide bonds. The lowest BCUT2D eigenvalue weighted by Crippen LogP contribution is -2.21. The molecule has 204 valence electrons. The van der Waals surface area contributed by atoms with E-state index in [0.717, 1.165) is 58.7 Å². The van der Waals surface area contributed by atoms with E-state index in [0.29, 0.717) is 11.8 Å². The summed E-state index contributed by atoms with van der Waals surface area (Å²) >= 11 is 0. The summed E-state index contributed by atoms with van der Waals surface area (Å²) in [5.41, 5.74) is 9.60. The van der Waals surface area contributed by atoms with Gasteiger partial charge in [0.1, 0.15) is 0 Å². The van der Waals surface area contributed by atoms with Crippen LogP contribution < -0.4 is 0 Å². The lowest BCUT2D eigenvalue weighted by Gasteiger charge is -2.35. The van der Waals surface area contributed by atoms with Crippen molar-refractivity contribution in [2.24, 2.45) is 0 Å². The van der Waals surface area contributed by atoms with Crippen LogP contribution in [0.5, 0.6) is 0 Å². The van der Waals surface area contributed by atoms with Gasteiger partial charge in [0.2, 0.25) is 0 Å². The summed E-state index contributed by atoms with van der Waals surface area (Å²) in [5, 5.41) is 0. The first-order chi connectivity index (χ1) is 20.8. The minimum atomic E-state index is 0.273. The van der Waals surface area contributed by atoms with E-state index in [9.17, 15) is 0 Å². The minimum absolute atomic E-state index is 0.273. The SMILES string of the molecule is c1ccc(-c2cncc(C3CC(c4cncc(-c5ccccn5)c4)CC(c4cc(-c5ccccn5)ccn4)C3)c2)nc1. The summed E-state index contributed by atoms with van der Waals surface area (Å²) in [4.78, 5) is 27.9. The zero-order valence-corrected chi connectivity index (χ0v) is 23.2. The number of hydrogen-bond donors (Lipinski definition) is 0. The molecule has 42 heavy (non-hydrogen) atoms. The molecule has 0 saturated heterocycles. The predicted molar refractivity (Wildman–Crippen MR) is 164 cm³/mol. The monoisotopic (exact) mass is 546 g/mol. The van der Waals surface area contributed by atoms with Crippen molar-refractivity contribution in [1.29, 1.82) is 0 Å². The summed E-state index contributed by atoms with van der Waals surface area (Å²) < 4.78 is 0. The number of pyridine rings is 6. The van der Waals surface area contributed by atoms with Gasteiger partial charge < -0.3 is 0 Å². The number of rotatable bonds is 6. The third-order valence-electron chi connectivity index (χ3n) is 8.25. The molecule has 0 bridgehead atoms. The van der Waals surface area contributed by atoms with Gasteiger partial charge in [-0.05, 0) is 103 Å². The van der Waals surface area contributed by atoms with Crippen LogP contribution in [0, 0.1) is 0 Å². The van der Waals surface area contributed by atoms with Crippen LogP contribution in [0.3, 0.4) is 0 Å². The van der Waals surface area contributed by atoms with Crippen molar-refractivity contribution < 1.29 is 0 Å². The molecule has 2 atom stereocenters. The van der Waals surface area contributed by atoms with E-state index >= 15 is 0 Å². The van der Waals surface area contributed by atoms with E-state index < -0.39 is 0 Å². The van der Waals surface area contributed by atoms with Crippen LogP contribution in [-0.2, 0) is 0 Å². The van der Waals surface area contributed by atoms with Crippen molar-refractivity contribution in [2.75, 3.05) is 0 Å². The second kappa shape index (κ2) is 11.8. The highest BCUT2D eigenvalue weighted by Gasteiger charge is 2.33. The Morgan fingerprint density at radius 3 is 1.43 bits per heavy atom. The van der Waals surface area contributed by atoms with Crippen molar-refractivity contribution in [1.82, 2.24) is 29.9 Å².